The van der Waals surface area contributed by atoms with Crippen LogP contribution >= 0.6 is 0 Å². The van der Waals surface area contributed by atoms with Crippen LogP contribution in [0.4, 0.5) is 11.6 Å². The first kappa shape index (κ1) is 16.9. The predicted molar refractivity (Wildman–Crippen MR) is 96.2 cm³/mol. The summed E-state index contributed by atoms with van der Waals surface area (Å²) in [7, 11) is 1.67. The van der Waals surface area contributed by atoms with Crippen LogP contribution in [0.15, 0.2) is 42.7 Å². The van der Waals surface area contributed by atoms with Gasteiger partial charge in [-0.3, -0.25) is 4.79 Å². The first-order chi connectivity index (χ1) is 12.8. The van der Waals surface area contributed by atoms with Gasteiger partial charge >= 0.3 is 0 Å². The molecule has 2 heterocycles. The van der Waals surface area contributed by atoms with Gasteiger partial charge in [0.2, 0.25) is 5.95 Å². The van der Waals surface area contributed by atoms with Gasteiger partial charge in [0.1, 0.15) is 0 Å². The zero-order chi connectivity index (χ0) is 17.9. The van der Waals surface area contributed by atoms with E-state index in [9.17, 15) is 4.79 Å². The van der Waals surface area contributed by atoms with Crippen LogP contribution in [0.1, 0.15) is 16.8 Å². The second-order valence-electron chi connectivity index (χ2n) is 6.69. The molecule has 0 radical (unpaired) electrons. The summed E-state index contributed by atoms with van der Waals surface area (Å²) < 4.78 is 11.0. The molecule has 1 saturated heterocycles. The van der Waals surface area contributed by atoms with Gasteiger partial charge < -0.3 is 20.1 Å². The molecular weight excluding hydrogens is 332 g/mol. The van der Waals surface area contributed by atoms with Gasteiger partial charge in [-0.25, -0.2) is 9.97 Å². The van der Waals surface area contributed by atoms with Gasteiger partial charge in [-0.1, -0.05) is 18.2 Å². The number of aromatic nitrogens is 2. The number of hydrogen-bond donors (Lipinski definition) is 2. The Morgan fingerprint density at radius 2 is 2.04 bits per heavy atom. The number of ether oxygens (including phenoxy) is 2. The molecule has 1 aromatic carbocycles. The first-order valence-corrected chi connectivity index (χ1v) is 8.82. The number of rotatable bonds is 6. The van der Waals surface area contributed by atoms with Crippen molar-refractivity contribution in [1.82, 2.24) is 15.3 Å². The van der Waals surface area contributed by atoms with Gasteiger partial charge in [-0.15, -0.1) is 0 Å². The van der Waals surface area contributed by atoms with Crippen LogP contribution in [-0.4, -0.2) is 48.3 Å². The highest BCUT2D eigenvalue weighted by atomic mass is 16.5. The highest BCUT2D eigenvalue weighted by Crippen LogP contribution is 2.43. The number of fused-ring (bicyclic) bond motifs is 1. The molecule has 2 aromatic rings. The Kier molecular flexibility index (Phi) is 4.81. The highest BCUT2D eigenvalue weighted by Gasteiger charge is 2.54. The summed E-state index contributed by atoms with van der Waals surface area (Å²) in [5.41, 5.74) is 1.34. The standard InChI is InChI=1S/C19H22N4O3/c1-25-11-15-16(14-7-8-26-17(14)15)23-18(24)12-9-20-19(21-10-12)22-13-5-3-2-4-6-13/h2-6,9-10,14-17H,7-8,11H2,1H3,(H,23,24)(H,20,21,22)/t14-,15+,16-,17-/m1/s1. The first-order valence-electron chi connectivity index (χ1n) is 8.82. The molecule has 7 nitrogen and oxygen atoms in total. The maximum atomic E-state index is 12.6. The molecule has 4 rings (SSSR count). The number of carbonyl (C=O) groups is 1. The topological polar surface area (TPSA) is 85.4 Å². The summed E-state index contributed by atoms with van der Waals surface area (Å²) in [6, 6.07) is 9.74. The lowest BCUT2D eigenvalue weighted by atomic mass is 9.67. The number of carbonyl (C=O) groups excluding carboxylic acids is 1. The molecule has 136 valence electrons. The van der Waals surface area contributed by atoms with Gasteiger partial charge in [0, 0.05) is 49.7 Å². The molecule has 2 fully saturated rings. The summed E-state index contributed by atoms with van der Waals surface area (Å²) in [4.78, 5) is 21.0. The number of para-hydroxylation sites is 1. The van der Waals surface area contributed by atoms with Crippen molar-refractivity contribution < 1.29 is 14.3 Å². The molecule has 1 aromatic heterocycles. The molecule has 0 spiro atoms. The summed E-state index contributed by atoms with van der Waals surface area (Å²) >= 11 is 0. The summed E-state index contributed by atoms with van der Waals surface area (Å²) in [5, 5.41) is 6.21. The third-order valence-corrected chi connectivity index (χ3v) is 5.13. The van der Waals surface area contributed by atoms with Crippen molar-refractivity contribution in [3.8, 4) is 0 Å². The van der Waals surface area contributed by atoms with Crippen LogP contribution < -0.4 is 10.6 Å². The zero-order valence-corrected chi connectivity index (χ0v) is 14.6. The molecule has 2 aliphatic rings. The van der Waals surface area contributed by atoms with Crippen molar-refractivity contribution in [2.75, 3.05) is 25.6 Å². The number of nitrogens with zero attached hydrogens (tertiary/aromatic N) is 2. The van der Waals surface area contributed by atoms with Crippen molar-refractivity contribution in [2.45, 2.75) is 18.6 Å². The fourth-order valence-corrected chi connectivity index (χ4v) is 3.83. The van der Waals surface area contributed by atoms with E-state index in [1.165, 1.54) is 0 Å². The van der Waals surface area contributed by atoms with E-state index in [0.717, 1.165) is 18.7 Å². The number of anilines is 2. The van der Waals surface area contributed by atoms with Gasteiger partial charge in [0.25, 0.3) is 5.91 Å². The molecule has 1 aliphatic carbocycles. The molecule has 1 amide bonds. The smallest absolute Gasteiger partial charge is 0.254 e. The number of benzene rings is 1. The predicted octanol–water partition coefficient (Wildman–Crippen LogP) is 2.00. The summed E-state index contributed by atoms with van der Waals surface area (Å²) in [6.07, 6.45) is 4.26. The Hall–Kier alpha value is -2.51. The van der Waals surface area contributed by atoms with Crippen LogP contribution in [0.3, 0.4) is 0 Å². The maximum Gasteiger partial charge on any atom is 0.254 e. The second-order valence-corrected chi connectivity index (χ2v) is 6.69. The number of amides is 1. The fourth-order valence-electron chi connectivity index (χ4n) is 3.83. The van der Waals surface area contributed by atoms with Crippen molar-refractivity contribution in [3.05, 3.63) is 48.3 Å². The van der Waals surface area contributed by atoms with E-state index in [4.69, 9.17) is 9.47 Å². The number of hydrogen-bond acceptors (Lipinski definition) is 6. The lowest BCUT2D eigenvalue weighted by molar-refractivity contribution is -0.0809. The number of methoxy groups -OCH3 is 1. The Bertz CT molecular complexity index is 753. The van der Waals surface area contributed by atoms with Crippen molar-refractivity contribution in [3.63, 3.8) is 0 Å². The van der Waals surface area contributed by atoms with Crippen LogP contribution in [0.5, 0.6) is 0 Å². The van der Waals surface area contributed by atoms with Crippen LogP contribution in [0, 0.1) is 11.8 Å². The zero-order valence-electron chi connectivity index (χ0n) is 14.6. The van der Waals surface area contributed by atoms with Crippen LogP contribution in [0.25, 0.3) is 0 Å². The molecule has 1 saturated carbocycles. The van der Waals surface area contributed by atoms with E-state index in [1.807, 2.05) is 30.3 Å². The lowest BCUT2D eigenvalue weighted by Gasteiger charge is -2.47. The van der Waals surface area contributed by atoms with Gasteiger partial charge in [-0.05, 0) is 18.6 Å². The Morgan fingerprint density at radius 1 is 1.27 bits per heavy atom. The fraction of sp³-hybridized carbons (Fsp3) is 0.421. The van der Waals surface area contributed by atoms with E-state index in [0.29, 0.717) is 24.0 Å². The van der Waals surface area contributed by atoms with Crippen molar-refractivity contribution >= 4 is 17.5 Å². The minimum atomic E-state index is -0.160. The normalized spacial score (nSPS) is 26.7. The van der Waals surface area contributed by atoms with Crippen LogP contribution in [-0.2, 0) is 9.47 Å². The Labute approximate surface area is 152 Å². The van der Waals surface area contributed by atoms with Crippen molar-refractivity contribution in [2.24, 2.45) is 11.8 Å². The minimum Gasteiger partial charge on any atom is -0.384 e. The van der Waals surface area contributed by atoms with E-state index in [1.54, 1.807) is 19.5 Å². The highest BCUT2D eigenvalue weighted by molar-refractivity contribution is 5.94. The van der Waals surface area contributed by atoms with Gasteiger partial charge in [-0.2, -0.15) is 0 Å². The Balaban J connectivity index is 1.39. The monoisotopic (exact) mass is 354 g/mol. The molecule has 2 N–H and O–H groups in total. The molecule has 0 unspecified atom stereocenters. The van der Waals surface area contributed by atoms with Crippen LogP contribution in [0.2, 0.25) is 0 Å². The van der Waals surface area contributed by atoms with E-state index >= 15 is 0 Å². The van der Waals surface area contributed by atoms with E-state index in [-0.39, 0.29) is 24.0 Å². The average molecular weight is 354 g/mol. The largest absolute Gasteiger partial charge is 0.384 e. The maximum absolute atomic E-state index is 12.6. The molecular formula is C19H22N4O3. The quantitative estimate of drug-likeness (QED) is 0.825. The lowest BCUT2D eigenvalue weighted by Crippen LogP contribution is -2.62. The van der Waals surface area contributed by atoms with Gasteiger partial charge in [0.15, 0.2) is 0 Å². The van der Waals surface area contributed by atoms with E-state index < -0.39 is 0 Å². The SMILES string of the molecule is COC[C@H]1[C@H](NC(=O)c2cnc(Nc3ccccc3)nc2)[C@H]2CCO[C@H]21. The molecule has 0 bridgehead atoms. The van der Waals surface area contributed by atoms with E-state index in [2.05, 4.69) is 20.6 Å². The molecule has 1 aliphatic heterocycles. The summed E-state index contributed by atoms with van der Waals surface area (Å²) in [6.45, 7) is 1.34. The average Bonchev–Trinajstić information content (AvgIpc) is 3.10. The Morgan fingerprint density at radius 3 is 2.77 bits per heavy atom. The minimum absolute atomic E-state index is 0.0806. The van der Waals surface area contributed by atoms with Crippen molar-refractivity contribution in [1.29, 1.82) is 0 Å². The van der Waals surface area contributed by atoms with Gasteiger partial charge in [0.05, 0.1) is 18.3 Å². The third-order valence-electron chi connectivity index (χ3n) is 5.13. The second kappa shape index (κ2) is 7.39. The molecule has 7 heteroatoms. The number of nitrogens with one attached hydrogen (secondary N) is 2. The molecule has 4 atom stereocenters. The third kappa shape index (κ3) is 3.27. The summed E-state index contributed by atoms with van der Waals surface area (Å²) in [5.74, 6) is 0.876. The molecule has 26 heavy (non-hydrogen) atoms.